The number of rotatable bonds is 5. The van der Waals surface area contributed by atoms with Crippen LogP contribution in [0.3, 0.4) is 0 Å². The lowest BCUT2D eigenvalue weighted by Crippen LogP contribution is -2.29. The zero-order valence-electron chi connectivity index (χ0n) is 11.3. The lowest BCUT2D eigenvalue weighted by Gasteiger charge is -2.21. The van der Waals surface area contributed by atoms with Gasteiger partial charge >= 0.3 is 0 Å². The van der Waals surface area contributed by atoms with Gasteiger partial charge in [0.15, 0.2) is 0 Å². The summed E-state index contributed by atoms with van der Waals surface area (Å²) in [4.78, 5) is 6.02. The summed E-state index contributed by atoms with van der Waals surface area (Å²) >= 11 is 0. The van der Waals surface area contributed by atoms with Gasteiger partial charge in [-0.05, 0) is 24.7 Å². The number of pyridine rings is 1. The minimum Gasteiger partial charge on any atom is -0.323 e. The van der Waals surface area contributed by atoms with Crippen LogP contribution in [-0.2, 0) is 6.54 Å². The topological polar surface area (TPSA) is 42.2 Å². The van der Waals surface area contributed by atoms with Crippen molar-refractivity contribution in [2.75, 3.05) is 13.6 Å². The number of halogens is 2. The quantitative estimate of drug-likeness (QED) is 0.913. The molecule has 2 N–H and O–H groups in total. The van der Waals surface area contributed by atoms with Gasteiger partial charge in [-0.25, -0.2) is 8.78 Å². The maximum Gasteiger partial charge on any atom is 0.130 e. The standard InChI is InChI=1S/C15H17F2N3/c1-20(9-11-3-2-6-19-8-11)10-15(18)13-5-4-12(16)7-14(13)17/h2-8,15H,9-10,18H2,1H3. The van der Waals surface area contributed by atoms with Crippen LogP contribution in [0.15, 0.2) is 42.7 Å². The zero-order chi connectivity index (χ0) is 14.5. The molecule has 2 rings (SSSR count). The highest BCUT2D eigenvalue weighted by Gasteiger charge is 2.14. The lowest BCUT2D eigenvalue weighted by atomic mass is 10.1. The fourth-order valence-electron chi connectivity index (χ4n) is 2.10. The summed E-state index contributed by atoms with van der Waals surface area (Å²) in [5, 5.41) is 0. The first-order valence-corrected chi connectivity index (χ1v) is 6.34. The fraction of sp³-hybridized carbons (Fsp3) is 0.267. The van der Waals surface area contributed by atoms with Crippen molar-refractivity contribution < 1.29 is 8.78 Å². The average molecular weight is 277 g/mol. The van der Waals surface area contributed by atoms with Crippen molar-refractivity contribution in [2.45, 2.75) is 12.6 Å². The molecule has 0 saturated heterocycles. The van der Waals surface area contributed by atoms with Crippen LogP contribution < -0.4 is 5.73 Å². The van der Waals surface area contributed by atoms with E-state index < -0.39 is 17.7 Å². The molecular formula is C15H17F2N3. The molecule has 1 unspecified atom stereocenters. The number of aromatic nitrogens is 1. The van der Waals surface area contributed by atoms with Gasteiger partial charge in [0.05, 0.1) is 0 Å². The second kappa shape index (κ2) is 6.54. The number of benzene rings is 1. The molecule has 1 heterocycles. The molecular weight excluding hydrogens is 260 g/mol. The van der Waals surface area contributed by atoms with Crippen LogP contribution in [0.1, 0.15) is 17.2 Å². The van der Waals surface area contributed by atoms with Gasteiger partial charge in [-0.3, -0.25) is 4.98 Å². The Bertz CT molecular complexity index is 560. The molecule has 106 valence electrons. The molecule has 0 radical (unpaired) electrons. The SMILES string of the molecule is CN(Cc1cccnc1)CC(N)c1ccc(F)cc1F. The molecule has 0 bridgehead atoms. The summed E-state index contributed by atoms with van der Waals surface area (Å²) in [5.41, 5.74) is 7.36. The van der Waals surface area contributed by atoms with E-state index in [1.54, 1.807) is 12.4 Å². The van der Waals surface area contributed by atoms with Crippen LogP contribution in [0.2, 0.25) is 0 Å². The van der Waals surface area contributed by atoms with Crippen molar-refractivity contribution in [3.63, 3.8) is 0 Å². The highest BCUT2D eigenvalue weighted by Crippen LogP contribution is 2.17. The molecule has 1 atom stereocenters. The summed E-state index contributed by atoms with van der Waals surface area (Å²) in [6, 6.07) is 6.80. The third kappa shape index (κ3) is 3.82. The molecule has 0 spiro atoms. The largest absolute Gasteiger partial charge is 0.323 e. The molecule has 0 aliphatic heterocycles. The van der Waals surface area contributed by atoms with Gasteiger partial charge in [0.2, 0.25) is 0 Å². The predicted molar refractivity (Wildman–Crippen MR) is 73.9 cm³/mol. The number of nitrogens with two attached hydrogens (primary N) is 1. The molecule has 3 nitrogen and oxygen atoms in total. The Morgan fingerprint density at radius 1 is 1.30 bits per heavy atom. The van der Waals surface area contributed by atoms with E-state index in [4.69, 9.17) is 5.73 Å². The summed E-state index contributed by atoms with van der Waals surface area (Å²) in [6.07, 6.45) is 3.49. The highest BCUT2D eigenvalue weighted by atomic mass is 19.1. The van der Waals surface area contributed by atoms with Crippen molar-refractivity contribution in [2.24, 2.45) is 5.73 Å². The minimum absolute atomic E-state index is 0.324. The molecule has 0 aliphatic carbocycles. The van der Waals surface area contributed by atoms with Crippen LogP contribution in [0.4, 0.5) is 8.78 Å². The van der Waals surface area contributed by atoms with Gasteiger partial charge in [0.25, 0.3) is 0 Å². The minimum atomic E-state index is -0.604. The Morgan fingerprint density at radius 3 is 2.75 bits per heavy atom. The molecule has 2 aromatic rings. The van der Waals surface area contributed by atoms with Crippen molar-refractivity contribution in [1.82, 2.24) is 9.88 Å². The second-order valence-electron chi connectivity index (χ2n) is 4.83. The van der Waals surface area contributed by atoms with E-state index in [1.807, 2.05) is 24.1 Å². The monoisotopic (exact) mass is 277 g/mol. The molecule has 0 aliphatic rings. The van der Waals surface area contributed by atoms with Crippen LogP contribution >= 0.6 is 0 Å². The fourth-order valence-corrected chi connectivity index (χ4v) is 2.10. The third-order valence-corrected chi connectivity index (χ3v) is 3.05. The van der Waals surface area contributed by atoms with Gasteiger partial charge in [-0.2, -0.15) is 0 Å². The van der Waals surface area contributed by atoms with Gasteiger partial charge in [0.1, 0.15) is 11.6 Å². The normalized spacial score (nSPS) is 12.7. The number of hydrogen-bond donors (Lipinski definition) is 1. The van der Waals surface area contributed by atoms with E-state index >= 15 is 0 Å². The van der Waals surface area contributed by atoms with E-state index in [1.165, 1.54) is 12.1 Å². The number of likely N-dealkylation sites (N-methyl/N-ethyl adjacent to an activating group) is 1. The molecule has 0 fully saturated rings. The number of nitrogens with zero attached hydrogens (tertiary/aromatic N) is 2. The molecule has 20 heavy (non-hydrogen) atoms. The maximum absolute atomic E-state index is 13.6. The van der Waals surface area contributed by atoms with Gasteiger partial charge in [-0.15, -0.1) is 0 Å². The molecule has 5 heteroatoms. The van der Waals surface area contributed by atoms with Gasteiger partial charge in [-0.1, -0.05) is 12.1 Å². The first kappa shape index (κ1) is 14.6. The zero-order valence-corrected chi connectivity index (χ0v) is 11.3. The average Bonchev–Trinajstić information content (AvgIpc) is 2.39. The Hall–Kier alpha value is -1.85. The summed E-state index contributed by atoms with van der Waals surface area (Å²) in [7, 11) is 1.90. The lowest BCUT2D eigenvalue weighted by molar-refractivity contribution is 0.302. The Balaban J connectivity index is 1.98. The Labute approximate surface area is 117 Å². The molecule has 0 saturated carbocycles. The number of hydrogen-bond acceptors (Lipinski definition) is 3. The van der Waals surface area contributed by atoms with Crippen molar-refractivity contribution in [3.8, 4) is 0 Å². The van der Waals surface area contributed by atoms with Crippen molar-refractivity contribution in [1.29, 1.82) is 0 Å². The predicted octanol–water partition coefficient (Wildman–Crippen LogP) is 2.49. The van der Waals surface area contributed by atoms with Crippen molar-refractivity contribution in [3.05, 3.63) is 65.5 Å². The van der Waals surface area contributed by atoms with E-state index in [9.17, 15) is 8.78 Å². The smallest absolute Gasteiger partial charge is 0.130 e. The van der Waals surface area contributed by atoms with Crippen molar-refractivity contribution >= 4 is 0 Å². The first-order chi connectivity index (χ1) is 9.56. The highest BCUT2D eigenvalue weighted by molar-refractivity contribution is 5.22. The third-order valence-electron chi connectivity index (χ3n) is 3.05. The Kier molecular flexibility index (Phi) is 4.76. The summed E-state index contributed by atoms with van der Waals surface area (Å²) < 4.78 is 26.5. The summed E-state index contributed by atoms with van der Waals surface area (Å²) in [6.45, 7) is 1.14. The van der Waals surface area contributed by atoms with E-state index in [2.05, 4.69) is 4.98 Å². The second-order valence-corrected chi connectivity index (χ2v) is 4.83. The summed E-state index contributed by atoms with van der Waals surface area (Å²) in [5.74, 6) is -1.20. The van der Waals surface area contributed by atoms with E-state index in [0.717, 1.165) is 11.6 Å². The van der Waals surface area contributed by atoms with Gasteiger partial charge < -0.3 is 10.6 Å². The van der Waals surface area contributed by atoms with E-state index in [-0.39, 0.29) is 0 Å². The molecule has 0 amide bonds. The van der Waals surface area contributed by atoms with Crippen LogP contribution in [0.5, 0.6) is 0 Å². The molecule has 1 aromatic heterocycles. The molecule has 1 aromatic carbocycles. The maximum atomic E-state index is 13.6. The van der Waals surface area contributed by atoms with Crippen LogP contribution in [0.25, 0.3) is 0 Å². The first-order valence-electron chi connectivity index (χ1n) is 6.34. The van der Waals surface area contributed by atoms with Crippen LogP contribution in [0, 0.1) is 11.6 Å². The van der Waals surface area contributed by atoms with E-state index in [0.29, 0.717) is 18.7 Å². The Morgan fingerprint density at radius 2 is 2.10 bits per heavy atom. The van der Waals surface area contributed by atoms with Gasteiger partial charge in [0, 0.05) is 43.2 Å². The van der Waals surface area contributed by atoms with Crippen LogP contribution in [-0.4, -0.2) is 23.5 Å².